The van der Waals surface area contributed by atoms with E-state index in [2.05, 4.69) is 34.7 Å². The number of imidazole rings is 1. The summed E-state index contributed by atoms with van der Waals surface area (Å²) in [4.78, 5) is 63.8. The molecule has 0 saturated carbocycles. The Morgan fingerprint density at radius 3 is 2.53 bits per heavy atom. The number of fused-ring (bicyclic) bond motifs is 1. The molecule has 3 heterocycles. The van der Waals surface area contributed by atoms with Gasteiger partial charge >= 0.3 is 0 Å². The number of nitrogens with one attached hydrogen (secondary N) is 1. The van der Waals surface area contributed by atoms with Crippen LogP contribution >= 0.6 is 23.5 Å². The molecule has 0 aliphatic carbocycles. The predicted octanol–water partition coefficient (Wildman–Crippen LogP) is -3.68. The van der Waals surface area contributed by atoms with E-state index in [1.54, 1.807) is 0 Å². The van der Waals surface area contributed by atoms with Crippen LogP contribution in [0, 0.1) is 0 Å². The maximum absolute atomic E-state index is 11.9. The smallest absolute Gasteiger partial charge is 0.280 e. The highest BCUT2D eigenvalue weighted by molar-refractivity contribution is 7.65. The Kier molecular flexibility index (Phi) is 7.09. The van der Waals surface area contributed by atoms with Gasteiger partial charge in [-0.1, -0.05) is 6.08 Å². The number of hydrogen-bond donors (Lipinski definition) is 5. The van der Waals surface area contributed by atoms with E-state index < -0.39 is 59.7 Å². The van der Waals surface area contributed by atoms with Crippen LogP contribution in [-0.4, -0.2) is 59.0 Å². The number of rotatable bonds is 9. The van der Waals surface area contributed by atoms with Crippen molar-refractivity contribution in [3.63, 3.8) is 0 Å². The number of nitrogens with zero attached hydrogens (tertiary/aromatic N) is 3. The third-order valence-electron chi connectivity index (χ3n) is 4.38. The Bertz CT molecular complexity index is 1300. The molecule has 2 aromatic rings. The fourth-order valence-corrected chi connectivity index (χ4v) is 5.90. The van der Waals surface area contributed by atoms with Crippen LogP contribution in [0.4, 0.5) is 5.95 Å². The number of hydrogen-bond acceptors (Lipinski definition) is 16. The number of aliphatic hydroxyl groups is 2. The Hall–Kier alpha value is -1.82. The molecule has 1 fully saturated rings. The number of H-pyrrole nitrogens is 1. The van der Waals surface area contributed by atoms with Crippen molar-refractivity contribution < 1.29 is 61.4 Å². The van der Waals surface area contributed by atoms with Crippen LogP contribution in [0.5, 0.6) is 0 Å². The maximum atomic E-state index is 11.9. The molecule has 19 nitrogen and oxygen atoms in total. The molecular formula is C12H15N5O14P3-3. The fraction of sp³-hybridized carbons (Fsp3) is 0.417. The van der Waals surface area contributed by atoms with Gasteiger partial charge in [0.05, 0.1) is 12.9 Å². The van der Waals surface area contributed by atoms with Gasteiger partial charge in [-0.05, 0) is 0 Å². The second kappa shape index (κ2) is 9.00. The summed E-state index contributed by atoms with van der Waals surface area (Å²) >= 11 is 0. The van der Waals surface area contributed by atoms with Crippen molar-refractivity contribution in [2.24, 2.45) is 0 Å². The number of phosphoric ester groups is 1. The monoisotopic (exact) mass is 546 g/mol. The van der Waals surface area contributed by atoms with E-state index in [1.165, 1.54) is 0 Å². The fourth-order valence-electron chi connectivity index (χ4n) is 2.97. The molecule has 0 spiro atoms. The molecule has 6 N–H and O–H groups in total. The zero-order chi connectivity index (χ0) is 25.7. The average molecular weight is 546 g/mol. The van der Waals surface area contributed by atoms with Gasteiger partial charge in [-0.3, -0.25) is 28.0 Å². The molecule has 34 heavy (non-hydrogen) atoms. The van der Waals surface area contributed by atoms with Crippen LogP contribution in [0.2, 0.25) is 0 Å². The van der Waals surface area contributed by atoms with E-state index in [0.717, 1.165) is 17.0 Å². The van der Waals surface area contributed by atoms with Crippen LogP contribution in [0.15, 0.2) is 23.8 Å². The van der Waals surface area contributed by atoms with Crippen molar-refractivity contribution in [3.05, 3.63) is 29.3 Å². The lowest BCUT2D eigenvalue weighted by atomic mass is 9.96. The largest absolute Gasteiger partial charge is 0.756 e. The maximum Gasteiger partial charge on any atom is 0.280 e. The highest BCUT2D eigenvalue weighted by Gasteiger charge is 2.54. The van der Waals surface area contributed by atoms with Crippen molar-refractivity contribution in [2.45, 2.75) is 24.0 Å². The van der Waals surface area contributed by atoms with E-state index >= 15 is 0 Å². The summed E-state index contributed by atoms with van der Waals surface area (Å²) < 4.78 is 51.2. The van der Waals surface area contributed by atoms with E-state index in [4.69, 9.17) is 15.4 Å². The normalized spacial score (nSPS) is 30.5. The highest BCUT2D eigenvalue weighted by atomic mass is 31.3. The minimum Gasteiger partial charge on any atom is -0.756 e. The Morgan fingerprint density at radius 1 is 1.29 bits per heavy atom. The molecule has 0 amide bonds. The van der Waals surface area contributed by atoms with E-state index in [1.807, 2.05) is 0 Å². The van der Waals surface area contributed by atoms with Crippen LogP contribution in [0.1, 0.15) is 6.23 Å². The van der Waals surface area contributed by atoms with E-state index in [0.29, 0.717) is 0 Å². The third kappa shape index (κ3) is 5.53. The number of aromatic nitrogens is 4. The van der Waals surface area contributed by atoms with Gasteiger partial charge in [-0.2, -0.15) is 4.98 Å². The second-order valence-electron chi connectivity index (χ2n) is 6.68. The predicted molar refractivity (Wildman–Crippen MR) is 101 cm³/mol. The van der Waals surface area contributed by atoms with Crippen molar-refractivity contribution in [1.82, 2.24) is 19.5 Å². The minimum absolute atomic E-state index is 0.174. The Labute approximate surface area is 187 Å². The summed E-state index contributed by atoms with van der Waals surface area (Å²) in [6, 6.07) is 0. The van der Waals surface area contributed by atoms with Crippen LogP contribution in [0.3, 0.4) is 0 Å². The van der Waals surface area contributed by atoms with Gasteiger partial charge in [0.15, 0.2) is 17.4 Å². The molecule has 22 heteroatoms. The number of aliphatic hydroxyl groups excluding tert-OH is 2. The van der Waals surface area contributed by atoms with E-state index in [9.17, 15) is 43.4 Å². The first-order chi connectivity index (χ1) is 15.5. The molecule has 190 valence electrons. The average Bonchev–Trinajstić information content (AvgIpc) is 3.18. The first-order valence-corrected chi connectivity index (χ1v) is 13.0. The minimum atomic E-state index is -6.16. The van der Waals surface area contributed by atoms with Gasteiger partial charge in [0.1, 0.15) is 17.8 Å². The van der Waals surface area contributed by atoms with Gasteiger partial charge < -0.3 is 44.8 Å². The summed E-state index contributed by atoms with van der Waals surface area (Å²) in [6.07, 6.45) is -3.52. The van der Waals surface area contributed by atoms with Gasteiger partial charge in [-0.25, -0.2) is 13.6 Å². The van der Waals surface area contributed by atoms with Crippen molar-refractivity contribution in [2.75, 3.05) is 12.3 Å². The molecule has 3 unspecified atom stereocenters. The molecule has 0 radical (unpaired) electrons. The zero-order valence-corrected chi connectivity index (χ0v) is 19.1. The molecule has 0 aromatic carbocycles. The number of anilines is 1. The number of aromatic amines is 1. The lowest BCUT2D eigenvalue weighted by molar-refractivity contribution is -0.251. The lowest BCUT2D eigenvalue weighted by Gasteiger charge is -2.35. The number of ether oxygens (including phenoxy) is 1. The van der Waals surface area contributed by atoms with Crippen molar-refractivity contribution >= 4 is 40.6 Å². The molecular weight excluding hydrogens is 531 g/mol. The zero-order valence-electron chi connectivity index (χ0n) is 16.4. The van der Waals surface area contributed by atoms with Crippen LogP contribution in [-0.2, 0) is 31.6 Å². The van der Waals surface area contributed by atoms with Gasteiger partial charge in [0, 0.05) is 0 Å². The van der Waals surface area contributed by atoms with Gasteiger partial charge in [0.25, 0.3) is 29.0 Å². The standard InChI is InChI=1S/C12H18N5O14P3/c1-2-12(3-28-33(24,25)31-34(26,27)30-32(21,22)23)7(19)6(18)10(29-12)17-4-14-5-8(17)15-11(13)16-9(5)20/h2,4,6-7,10,18-19H,1,3H2,(H,24,25)(H,26,27)(H2,21,22,23)(H3,13,15,16,20)/p-3/t6-,7+,10-,12-/m1/s1. The first kappa shape index (κ1) is 26.8. The first-order valence-electron chi connectivity index (χ1n) is 8.62. The van der Waals surface area contributed by atoms with Gasteiger partial charge in [-0.15, -0.1) is 6.58 Å². The molecule has 7 atom stereocenters. The lowest BCUT2D eigenvalue weighted by Crippen LogP contribution is -2.45. The summed E-state index contributed by atoms with van der Waals surface area (Å²) in [5.41, 5.74) is 2.15. The van der Waals surface area contributed by atoms with Crippen LogP contribution < -0.4 is 26.0 Å². The Balaban J connectivity index is 1.84. The third-order valence-corrected chi connectivity index (χ3v) is 8.05. The van der Waals surface area contributed by atoms with Crippen molar-refractivity contribution in [3.8, 4) is 0 Å². The number of phosphoric acid groups is 3. The summed E-state index contributed by atoms with van der Waals surface area (Å²) in [5, 5.41) is 21.0. The molecule has 0 bridgehead atoms. The summed E-state index contributed by atoms with van der Waals surface area (Å²) in [7, 11) is -18.0. The molecule has 2 aromatic heterocycles. The molecule has 1 aliphatic rings. The number of nitrogens with two attached hydrogens (primary N) is 1. The topological polar surface area (TPSA) is 308 Å². The SMILES string of the molecule is C=C[C@]1(COP(=O)([O-])OP(=O)([O-])OP(=O)([O-])O)O[C@@H](n2cnc3c(=O)[nH]c(N)nc32)[C@H](O)[C@@H]1O. The van der Waals surface area contributed by atoms with E-state index in [-0.39, 0.29) is 17.1 Å². The summed E-state index contributed by atoms with van der Waals surface area (Å²) in [5.74, 6) is -0.315. The van der Waals surface area contributed by atoms with Crippen LogP contribution in [0.25, 0.3) is 11.2 Å². The highest BCUT2D eigenvalue weighted by Crippen LogP contribution is 2.61. The number of nitrogen functional groups attached to an aromatic ring is 1. The molecule has 1 aliphatic heterocycles. The second-order valence-corrected chi connectivity index (χ2v) is 11.0. The Morgan fingerprint density at radius 2 is 1.94 bits per heavy atom. The van der Waals surface area contributed by atoms with Crippen molar-refractivity contribution in [1.29, 1.82) is 0 Å². The quantitative estimate of drug-likeness (QED) is 0.149. The summed E-state index contributed by atoms with van der Waals surface area (Å²) in [6.45, 7) is 2.11. The van der Waals surface area contributed by atoms with Gasteiger partial charge in [0.2, 0.25) is 5.95 Å². The molecule has 1 saturated heterocycles. The molecule has 3 rings (SSSR count).